The molecule has 23 heavy (non-hydrogen) atoms. The van der Waals surface area contributed by atoms with Gasteiger partial charge in [0, 0.05) is 11.0 Å². The quantitative estimate of drug-likeness (QED) is 0.803. The van der Waals surface area contributed by atoms with Gasteiger partial charge in [-0.25, -0.2) is 4.39 Å². The van der Waals surface area contributed by atoms with Crippen LogP contribution in [0.5, 0.6) is 11.5 Å². The molecule has 0 aliphatic rings. The highest BCUT2D eigenvalue weighted by Gasteiger charge is 2.15. The molecule has 1 amide bonds. The van der Waals surface area contributed by atoms with Crippen LogP contribution in [0.15, 0.2) is 34.8 Å². The summed E-state index contributed by atoms with van der Waals surface area (Å²) in [5.41, 5.74) is 6.27. The van der Waals surface area contributed by atoms with E-state index in [2.05, 4.69) is 21.2 Å². The maximum absolute atomic E-state index is 13.9. The Morgan fingerprint density at radius 1 is 1.22 bits per heavy atom. The van der Waals surface area contributed by atoms with Gasteiger partial charge in [-0.2, -0.15) is 0 Å². The Bertz CT molecular complexity index is 738. The van der Waals surface area contributed by atoms with Crippen LogP contribution >= 0.6 is 15.9 Å². The monoisotopic (exact) mass is 382 g/mol. The average Bonchev–Trinajstić information content (AvgIpc) is 2.51. The summed E-state index contributed by atoms with van der Waals surface area (Å²) in [5.74, 6) is -0.309. The Balaban J connectivity index is 2.26. The second kappa shape index (κ2) is 7.32. The number of ether oxygens (including phenoxy) is 2. The third kappa shape index (κ3) is 3.92. The molecule has 0 unspecified atom stereocenters. The van der Waals surface area contributed by atoms with E-state index in [1.807, 2.05) is 6.07 Å². The van der Waals surface area contributed by atoms with Crippen molar-refractivity contribution in [3.63, 3.8) is 0 Å². The van der Waals surface area contributed by atoms with Gasteiger partial charge in [-0.05, 0) is 29.8 Å². The van der Waals surface area contributed by atoms with Crippen LogP contribution in [0.1, 0.15) is 15.9 Å². The predicted octanol–water partition coefficient (Wildman–Crippen LogP) is 3.32. The van der Waals surface area contributed by atoms with E-state index in [0.717, 1.165) is 5.56 Å². The zero-order valence-electron chi connectivity index (χ0n) is 12.7. The van der Waals surface area contributed by atoms with Crippen molar-refractivity contribution in [2.45, 2.75) is 6.54 Å². The van der Waals surface area contributed by atoms with Crippen LogP contribution in [0.25, 0.3) is 0 Å². The van der Waals surface area contributed by atoms with E-state index in [1.165, 1.54) is 6.07 Å². The number of carbonyl (C=O) groups excluding carboxylic acids is 1. The lowest BCUT2D eigenvalue weighted by Crippen LogP contribution is -2.16. The molecule has 2 rings (SSSR count). The van der Waals surface area contributed by atoms with Gasteiger partial charge in [-0.3, -0.25) is 4.79 Å². The number of nitrogens with two attached hydrogens (primary N) is 1. The van der Waals surface area contributed by atoms with Crippen LogP contribution in [-0.4, -0.2) is 20.1 Å². The molecule has 0 saturated heterocycles. The van der Waals surface area contributed by atoms with Crippen LogP contribution < -0.4 is 20.5 Å². The fourth-order valence-corrected chi connectivity index (χ4v) is 2.58. The summed E-state index contributed by atoms with van der Waals surface area (Å²) < 4.78 is 24.8. The van der Waals surface area contributed by atoms with Crippen LogP contribution in [0, 0.1) is 5.82 Å². The minimum Gasteiger partial charge on any atom is -0.493 e. The van der Waals surface area contributed by atoms with Crippen LogP contribution in [0.3, 0.4) is 0 Å². The lowest BCUT2D eigenvalue weighted by molar-refractivity contribution is 0.0997. The van der Waals surface area contributed by atoms with Crippen molar-refractivity contribution in [1.82, 2.24) is 0 Å². The maximum atomic E-state index is 13.9. The number of benzene rings is 2. The molecule has 0 radical (unpaired) electrons. The summed E-state index contributed by atoms with van der Waals surface area (Å²) in [6.07, 6.45) is 0. The number of nitrogens with one attached hydrogen (secondary N) is 1. The first-order chi connectivity index (χ1) is 11.0. The minimum absolute atomic E-state index is 0.173. The summed E-state index contributed by atoms with van der Waals surface area (Å²) in [7, 11) is 3.10. The van der Waals surface area contributed by atoms with Crippen molar-refractivity contribution < 1.29 is 18.7 Å². The van der Waals surface area contributed by atoms with E-state index in [1.54, 1.807) is 32.4 Å². The largest absolute Gasteiger partial charge is 0.493 e. The molecular weight excluding hydrogens is 367 g/mol. The molecule has 5 nitrogen and oxygen atoms in total. The lowest BCUT2D eigenvalue weighted by atomic mass is 10.1. The molecule has 0 saturated carbocycles. The van der Waals surface area contributed by atoms with Gasteiger partial charge in [-0.1, -0.05) is 22.0 Å². The molecule has 0 spiro atoms. The van der Waals surface area contributed by atoms with E-state index in [4.69, 9.17) is 15.2 Å². The van der Waals surface area contributed by atoms with Crippen LogP contribution in [-0.2, 0) is 6.54 Å². The minimum atomic E-state index is -0.829. The molecule has 0 bridgehead atoms. The molecule has 122 valence electrons. The molecule has 3 N–H and O–H groups in total. The number of primary amides is 1. The highest BCUT2D eigenvalue weighted by atomic mass is 79.9. The smallest absolute Gasteiger partial charge is 0.253 e. The Morgan fingerprint density at radius 3 is 2.52 bits per heavy atom. The van der Waals surface area contributed by atoms with Crippen molar-refractivity contribution in [2.24, 2.45) is 5.73 Å². The molecule has 2 aromatic carbocycles. The lowest BCUT2D eigenvalue weighted by Gasteiger charge is -2.13. The third-order valence-electron chi connectivity index (χ3n) is 3.23. The van der Waals surface area contributed by atoms with E-state index < -0.39 is 11.7 Å². The fraction of sp³-hybridized carbons (Fsp3) is 0.188. The number of amides is 1. The number of hydrogen-bond donors (Lipinski definition) is 2. The fourth-order valence-electron chi connectivity index (χ4n) is 2.15. The molecule has 0 aliphatic heterocycles. The Hall–Kier alpha value is -2.28. The van der Waals surface area contributed by atoms with E-state index >= 15 is 0 Å². The predicted molar refractivity (Wildman–Crippen MR) is 89.5 cm³/mol. The van der Waals surface area contributed by atoms with Gasteiger partial charge in [0.1, 0.15) is 5.82 Å². The molecule has 0 heterocycles. The van der Waals surface area contributed by atoms with Gasteiger partial charge < -0.3 is 20.5 Å². The molecular formula is C16H16BrFN2O3. The summed E-state index contributed by atoms with van der Waals surface area (Å²) in [6, 6.07) is 8.20. The molecule has 0 fully saturated rings. The number of halogens is 2. The summed E-state index contributed by atoms with van der Waals surface area (Å²) in [4.78, 5) is 11.4. The second-order valence-corrected chi connectivity index (χ2v) is 5.63. The number of hydrogen-bond acceptors (Lipinski definition) is 4. The highest BCUT2D eigenvalue weighted by Crippen LogP contribution is 2.29. The van der Waals surface area contributed by atoms with Crippen molar-refractivity contribution in [1.29, 1.82) is 0 Å². The average molecular weight is 383 g/mol. The summed E-state index contributed by atoms with van der Waals surface area (Å²) >= 11 is 3.20. The number of methoxy groups -OCH3 is 2. The maximum Gasteiger partial charge on any atom is 0.253 e. The van der Waals surface area contributed by atoms with E-state index in [9.17, 15) is 9.18 Å². The Morgan fingerprint density at radius 2 is 1.91 bits per heavy atom. The molecule has 0 aromatic heterocycles. The zero-order chi connectivity index (χ0) is 17.0. The number of rotatable bonds is 6. The molecule has 0 aliphatic carbocycles. The van der Waals surface area contributed by atoms with E-state index in [0.29, 0.717) is 28.2 Å². The second-order valence-electron chi connectivity index (χ2n) is 4.72. The third-order valence-corrected chi connectivity index (χ3v) is 3.69. The Kier molecular flexibility index (Phi) is 5.44. The highest BCUT2D eigenvalue weighted by molar-refractivity contribution is 9.10. The first-order valence-electron chi connectivity index (χ1n) is 6.70. The van der Waals surface area contributed by atoms with Crippen molar-refractivity contribution in [3.8, 4) is 11.5 Å². The molecule has 0 atom stereocenters. The molecule has 2 aromatic rings. The van der Waals surface area contributed by atoms with Gasteiger partial charge >= 0.3 is 0 Å². The SMILES string of the molecule is COc1ccc(CNc2cc(Br)cc(F)c2C(N)=O)cc1OC. The van der Waals surface area contributed by atoms with Crippen molar-refractivity contribution in [2.75, 3.05) is 19.5 Å². The van der Waals surface area contributed by atoms with Gasteiger partial charge in [0.25, 0.3) is 5.91 Å². The number of carbonyl (C=O) groups is 1. The topological polar surface area (TPSA) is 73.6 Å². The van der Waals surface area contributed by atoms with Crippen LogP contribution in [0.4, 0.5) is 10.1 Å². The first-order valence-corrected chi connectivity index (χ1v) is 7.49. The standard InChI is InChI=1S/C16H16BrFN2O3/c1-22-13-4-3-9(5-14(13)23-2)8-20-12-7-10(17)6-11(18)15(12)16(19)21/h3-7,20H,8H2,1-2H3,(H2,19,21). The first kappa shape index (κ1) is 17.1. The zero-order valence-corrected chi connectivity index (χ0v) is 14.2. The summed E-state index contributed by atoms with van der Waals surface area (Å²) in [6.45, 7) is 0.358. The summed E-state index contributed by atoms with van der Waals surface area (Å²) in [5, 5.41) is 3.01. The molecule has 7 heteroatoms. The number of anilines is 1. The van der Waals surface area contributed by atoms with Gasteiger partial charge in [0.15, 0.2) is 11.5 Å². The van der Waals surface area contributed by atoms with Crippen LogP contribution in [0.2, 0.25) is 0 Å². The van der Waals surface area contributed by atoms with Gasteiger partial charge in [-0.15, -0.1) is 0 Å². The Labute approximate surface area is 141 Å². The van der Waals surface area contributed by atoms with Crippen molar-refractivity contribution in [3.05, 3.63) is 51.7 Å². The normalized spacial score (nSPS) is 10.3. The van der Waals surface area contributed by atoms with Gasteiger partial charge in [0.05, 0.1) is 25.5 Å². The van der Waals surface area contributed by atoms with Gasteiger partial charge in [0.2, 0.25) is 0 Å². The van der Waals surface area contributed by atoms with E-state index in [-0.39, 0.29) is 5.56 Å². The van der Waals surface area contributed by atoms with Crippen molar-refractivity contribution >= 4 is 27.5 Å².